The Kier molecular flexibility index (Phi) is 8.38. The molecular formula is C10H17NO2. The quantitative estimate of drug-likeness (QED) is 0.378. The van der Waals surface area contributed by atoms with Gasteiger partial charge in [0.15, 0.2) is 0 Å². The molecule has 0 fully saturated rings. The third-order valence-electron chi connectivity index (χ3n) is 1.41. The van der Waals surface area contributed by atoms with Crippen LogP contribution >= 0.6 is 0 Å². The largest absolute Gasteiger partial charge is 0.466 e. The fourth-order valence-corrected chi connectivity index (χ4v) is 0.824. The van der Waals surface area contributed by atoms with Crippen molar-refractivity contribution < 1.29 is 9.53 Å². The van der Waals surface area contributed by atoms with Crippen LogP contribution in [0.4, 0.5) is 0 Å². The van der Waals surface area contributed by atoms with Crippen molar-refractivity contribution in [2.24, 2.45) is 0 Å². The van der Waals surface area contributed by atoms with Gasteiger partial charge in [0.2, 0.25) is 0 Å². The summed E-state index contributed by atoms with van der Waals surface area (Å²) in [5.74, 6) is 5.60. The Morgan fingerprint density at radius 3 is 2.85 bits per heavy atom. The van der Waals surface area contributed by atoms with Crippen molar-refractivity contribution in [2.75, 3.05) is 19.7 Å². The fourth-order valence-electron chi connectivity index (χ4n) is 0.824. The minimum Gasteiger partial charge on any atom is -0.466 e. The molecule has 0 saturated carbocycles. The first kappa shape index (κ1) is 12.0. The number of ether oxygens (including phenoxy) is 1. The van der Waals surface area contributed by atoms with Gasteiger partial charge in [-0.05, 0) is 13.8 Å². The zero-order valence-electron chi connectivity index (χ0n) is 8.35. The Balaban J connectivity index is 3.14. The van der Waals surface area contributed by atoms with Gasteiger partial charge in [0.25, 0.3) is 0 Å². The van der Waals surface area contributed by atoms with Crippen LogP contribution in [-0.2, 0) is 9.53 Å². The lowest BCUT2D eigenvalue weighted by molar-refractivity contribution is -0.142. The average molecular weight is 183 g/mol. The monoisotopic (exact) mass is 183 g/mol. The van der Waals surface area contributed by atoms with E-state index in [2.05, 4.69) is 17.2 Å². The van der Waals surface area contributed by atoms with Crippen LogP contribution in [0.25, 0.3) is 0 Å². The summed E-state index contributed by atoms with van der Waals surface area (Å²) >= 11 is 0. The molecule has 0 aromatic rings. The minimum atomic E-state index is -0.142. The molecule has 0 aliphatic rings. The smallest absolute Gasteiger partial charge is 0.307 e. The van der Waals surface area contributed by atoms with E-state index in [1.165, 1.54) is 0 Å². The molecule has 74 valence electrons. The van der Waals surface area contributed by atoms with Gasteiger partial charge in [0.1, 0.15) is 0 Å². The minimum absolute atomic E-state index is 0.142. The van der Waals surface area contributed by atoms with Gasteiger partial charge in [0, 0.05) is 19.5 Å². The zero-order chi connectivity index (χ0) is 9.94. The van der Waals surface area contributed by atoms with Crippen molar-refractivity contribution in [1.82, 2.24) is 5.32 Å². The van der Waals surface area contributed by atoms with Crippen LogP contribution in [0, 0.1) is 11.8 Å². The van der Waals surface area contributed by atoms with E-state index in [4.69, 9.17) is 4.74 Å². The molecule has 0 rings (SSSR count). The average Bonchev–Trinajstić information content (AvgIpc) is 2.11. The summed E-state index contributed by atoms with van der Waals surface area (Å²) in [4.78, 5) is 10.8. The SMILES string of the molecule is CC#CCCNCCC(=O)OCC. The van der Waals surface area contributed by atoms with Gasteiger partial charge in [0.05, 0.1) is 13.0 Å². The Hall–Kier alpha value is -1.01. The summed E-state index contributed by atoms with van der Waals surface area (Å²) < 4.78 is 4.76. The molecule has 0 aromatic carbocycles. The summed E-state index contributed by atoms with van der Waals surface area (Å²) in [5.41, 5.74) is 0. The van der Waals surface area contributed by atoms with E-state index in [1.807, 2.05) is 13.8 Å². The van der Waals surface area contributed by atoms with Crippen LogP contribution in [-0.4, -0.2) is 25.7 Å². The Morgan fingerprint density at radius 1 is 1.46 bits per heavy atom. The van der Waals surface area contributed by atoms with Crippen molar-refractivity contribution in [2.45, 2.75) is 26.7 Å². The Bertz CT molecular complexity index is 191. The van der Waals surface area contributed by atoms with E-state index in [9.17, 15) is 4.79 Å². The predicted molar refractivity (Wildman–Crippen MR) is 52.2 cm³/mol. The maximum Gasteiger partial charge on any atom is 0.307 e. The molecule has 0 radical (unpaired) electrons. The third kappa shape index (κ3) is 8.90. The van der Waals surface area contributed by atoms with Crippen molar-refractivity contribution in [3.63, 3.8) is 0 Å². The summed E-state index contributed by atoms with van der Waals surface area (Å²) in [6.45, 7) is 5.59. The van der Waals surface area contributed by atoms with Crippen LogP contribution in [0.2, 0.25) is 0 Å². The van der Waals surface area contributed by atoms with Crippen LogP contribution < -0.4 is 5.32 Å². The van der Waals surface area contributed by atoms with Crippen molar-refractivity contribution in [3.8, 4) is 11.8 Å². The van der Waals surface area contributed by atoms with Crippen LogP contribution in [0.3, 0.4) is 0 Å². The van der Waals surface area contributed by atoms with E-state index in [0.717, 1.165) is 13.0 Å². The van der Waals surface area contributed by atoms with Gasteiger partial charge >= 0.3 is 5.97 Å². The molecule has 3 nitrogen and oxygen atoms in total. The number of nitrogens with one attached hydrogen (secondary N) is 1. The highest BCUT2D eigenvalue weighted by Crippen LogP contribution is 1.84. The molecule has 1 N–H and O–H groups in total. The molecule has 0 atom stereocenters. The lowest BCUT2D eigenvalue weighted by Gasteiger charge is -2.02. The maximum atomic E-state index is 10.8. The molecule has 0 amide bonds. The van der Waals surface area contributed by atoms with Crippen molar-refractivity contribution >= 4 is 5.97 Å². The normalized spacial score (nSPS) is 8.77. The summed E-state index contributed by atoms with van der Waals surface area (Å²) in [6, 6.07) is 0. The molecular weight excluding hydrogens is 166 g/mol. The van der Waals surface area contributed by atoms with Crippen LogP contribution in [0.15, 0.2) is 0 Å². The Labute approximate surface area is 79.8 Å². The van der Waals surface area contributed by atoms with Crippen LogP contribution in [0.1, 0.15) is 26.7 Å². The Morgan fingerprint density at radius 2 is 2.23 bits per heavy atom. The number of hydrogen-bond donors (Lipinski definition) is 1. The van der Waals surface area contributed by atoms with E-state index in [-0.39, 0.29) is 5.97 Å². The fraction of sp³-hybridized carbons (Fsp3) is 0.700. The second-order valence-electron chi connectivity index (χ2n) is 2.48. The molecule has 0 bridgehead atoms. The zero-order valence-corrected chi connectivity index (χ0v) is 8.35. The van der Waals surface area contributed by atoms with E-state index in [0.29, 0.717) is 19.6 Å². The summed E-state index contributed by atoms with van der Waals surface area (Å²) in [5, 5.41) is 3.11. The van der Waals surface area contributed by atoms with Gasteiger partial charge in [-0.3, -0.25) is 4.79 Å². The standard InChI is InChI=1S/C10H17NO2/c1-3-5-6-8-11-9-7-10(12)13-4-2/h11H,4,6-9H2,1-2H3. The molecule has 0 spiro atoms. The topological polar surface area (TPSA) is 38.3 Å². The first-order valence-corrected chi connectivity index (χ1v) is 4.57. The predicted octanol–water partition coefficient (Wildman–Crippen LogP) is 0.943. The van der Waals surface area contributed by atoms with E-state index >= 15 is 0 Å². The second kappa shape index (κ2) is 9.08. The molecule has 3 heteroatoms. The lowest BCUT2D eigenvalue weighted by atomic mass is 10.4. The highest BCUT2D eigenvalue weighted by atomic mass is 16.5. The first-order valence-electron chi connectivity index (χ1n) is 4.57. The second-order valence-corrected chi connectivity index (χ2v) is 2.48. The molecule has 0 aliphatic carbocycles. The molecule has 0 aromatic heterocycles. The van der Waals surface area contributed by atoms with Gasteiger partial charge in [-0.2, -0.15) is 0 Å². The van der Waals surface area contributed by atoms with E-state index in [1.54, 1.807) is 0 Å². The molecule has 0 heterocycles. The summed E-state index contributed by atoms with van der Waals surface area (Å²) in [6.07, 6.45) is 1.27. The van der Waals surface area contributed by atoms with Gasteiger partial charge < -0.3 is 10.1 Å². The van der Waals surface area contributed by atoms with Crippen molar-refractivity contribution in [1.29, 1.82) is 0 Å². The molecule has 13 heavy (non-hydrogen) atoms. The lowest BCUT2D eigenvalue weighted by Crippen LogP contribution is -2.20. The highest BCUT2D eigenvalue weighted by Gasteiger charge is 1.98. The number of rotatable bonds is 6. The maximum absolute atomic E-state index is 10.8. The highest BCUT2D eigenvalue weighted by molar-refractivity contribution is 5.69. The van der Waals surface area contributed by atoms with Gasteiger partial charge in [-0.15, -0.1) is 11.8 Å². The van der Waals surface area contributed by atoms with Crippen molar-refractivity contribution in [3.05, 3.63) is 0 Å². The third-order valence-corrected chi connectivity index (χ3v) is 1.41. The number of esters is 1. The molecule has 0 aliphatic heterocycles. The van der Waals surface area contributed by atoms with Crippen LogP contribution in [0.5, 0.6) is 0 Å². The van der Waals surface area contributed by atoms with E-state index < -0.39 is 0 Å². The summed E-state index contributed by atoms with van der Waals surface area (Å²) in [7, 11) is 0. The molecule has 0 unspecified atom stereocenters. The number of hydrogen-bond acceptors (Lipinski definition) is 3. The van der Waals surface area contributed by atoms with Gasteiger partial charge in [-0.1, -0.05) is 0 Å². The number of carbonyl (C=O) groups is 1. The number of carbonyl (C=O) groups excluding carboxylic acids is 1. The van der Waals surface area contributed by atoms with Gasteiger partial charge in [-0.25, -0.2) is 0 Å². The molecule has 0 saturated heterocycles. The first-order chi connectivity index (χ1) is 6.31.